The van der Waals surface area contributed by atoms with E-state index in [-0.39, 0.29) is 16.1 Å². The Bertz CT molecular complexity index is 1050. The van der Waals surface area contributed by atoms with Crippen LogP contribution in [-0.4, -0.2) is 32.0 Å². The number of thioether (sulfide) groups is 1. The maximum atomic E-state index is 12.6. The van der Waals surface area contributed by atoms with E-state index in [1.54, 1.807) is 23.9 Å². The Kier molecular flexibility index (Phi) is 5.16. The molecule has 1 unspecified atom stereocenters. The van der Waals surface area contributed by atoms with Gasteiger partial charge in [0.15, 0.2) is 0 Å². The highest BCUT2D eigenvalue weighted by Crippen LogP contribution is 2.38. The Morgan fingerprint density at radius 3 is 2.68 bits per heavy atom. The number of benzene rings is 2. The number of carbonyl (C=O) groups is 1. The summed E-state index contributed by atoms with van der Waals surface area (Å²) in [6, 6.07) is 12.4. The minimum atomic E-state index is -3.64. The molecule has 0 aromatic heterocycles. The van der Waals surface area contributed by atoms with Crippen molar-refractivity contribution in [2.24, 2.45) is 4.99 Å². The topological polar surface area (TPSA) is 87.6 Å². The van der Waals surface area contributed by atoms with Gasteiger partial charge in [-0.15, -0.1) is 11.8 Å². The molecule has 1 amide bonds. The second-order valence-corrected chi connectivity index (χ2v) is 9.90. The molecule has 0 spiro atoms. The minimum absolute atomic E-state index is 0.0760. The van der Waals surface area contributed by atoms with Crippen LogP contribution in [0.4, 0.5) is 5.69 Å². The molecule has 1 atom stereocenters. The first-order valence-electron chi connectivity index (χ1n) is 9.14. The average molecular weight is 416 g/mol. The van der Waals surface area contributed by atoms with Crippen LogP contribution in [0.3, 0.4) is 0 Å². The fourth-order valence-electron chi connectivity index (χ4n) is 3.26. The summed E-state index contributed by atoms with van der Waals surface area (Å²) in [4.78, 5) is 18.0. The van der Waals surface area contributed by atoms with Crippen LogP contribution in [0, 0.1) is 6.92 Å². The summed E-state index contributed by atoms with van der Waals surface area (Å²) in [7, 11) is -3.64. The van der Waals surface area contributed by atoms with Crippen molar-refractivity contribution in [1.29, 1.82) is 0 Å². The van der Waals surface area contributed by atoms with E-state index in [1.807, 2.05) is 6.92 Å². The molecule has 28 heavy (non-hydrogen) atoms. The maximum Gasteiger partial charge on any atom is 0.262 e. The molecular formula is C20H21N3O3S2. The van der Waals surface area contributed by atoms with Gasteiger partial charge in [0.05, 0.1) is 10.1 Å². The monoisotopic (exact) mass is 415 g/mol. The smallest absolute Gasteiger partial charge is 0.262 e. The fraction of sp³-hybridized carbons (Fsp3) is 0.300. The SMILES string of the molecule is Cc1ccc2c(c1)SC(C(=O)Nc1ccc(S(=O)(=O)NC3=NCCC3)cc1)C2. The quantitative estimate of drug-likeness (QED) is 0.803. The standard InChI is InChI=1S/C20H21N3O3S2/c1-13-4-5-14-12-18(27-17(14)11-13)20(24)22-15-6-8-16(9-7-15)28(25,26)23-19-3-2-10-21-19/h4-9,11,18H,2-3,10,12H2,1H3,(H,21,23)(H,22,24). The van der Waals surface area contributed by atoms with Crippen LogP contribution < -0.4 is 10.0 Å². The fourth-order valence-corrected chi connectivity index (χ4v) is 5.64. The van der Waals surface area contributed by atoms with Gasteiger partial charge in [0.2, 0.25) is 5.91 Å². The molecule has 6 nitrogen and oxygen atoms in total. The van der Waals surface area contributed by atoms with Crippen molar-refractivity contribution in [2.75, 3.05) is 11.9 Å². The molecular weight excluding hydrogens is 394 g/mol. The highest BCUT2D eigenvalue weighted by Gasteiger charge is 2.28. The lowest BCUT2D eigenvalue weighted by Crippen LogP contribution is -2.29. The van der Waals surface area contributed by atoms with Gasteiger partial charge in [-0.3, -0.25) is 14.5 Å². The molecule has 2 aromatic rings. The second kappa shape index (κ2) is 7.60. The number of aryl methyl sites for hydroxylation is 1. The number of amidine groups is 1. The Morgan fingerprint density at radius 1 is 1.18 bits per heavy atom. The predicted octanol–water partition coefficient (Wildman–Crippen LogP) is 3.12. The van der Waals surface area contributed by atoms with Gasteiger partial charge in [0, 0.05) is 23.5 Å². The number of hydrogen-bond acceptors (Lipinski definition) is 5. The van der Waals surface area contributed by atoms with Crippen molar-refractivity contribution in [3.05, 3.63) is 53.6 Å². The largest absolute Gasteiger partial charge is 0.325 e. The molecule has 0 radical (unpaired) electrons. The van der Waals surface area contributed by atoms with E-state index in [2.05, 4.69) is 33.2 Å². The lowest BCUT2D eigenvalue weighted by Gasteiger charge is -2.11. The number of amides is 1. The number of carbonyl (C=O) groups excluding carboxylic acids is 1. The van der Waals surface area contributed by atoms with E-state index in [0.717, 1.165) is 11.3 Å². The molecule has 146 valence electrons. The Morgan fingerprint density at radius 2 is 1.96 bits per heavy atom. The Hall–Kier alpha value is -2.32. The van der Waals surface area contributed by atoms with Crippen LogP contribution in [0.15, 0.2) is 57.2 Å². The molecule has 8 heteroatoms. The van der Waals surface area contributed by atoms with E-state index in [1.165, 1.54) is 23.3 Å². The third-order valence-corrected chi connectivity index (χ3v) is 7.44. The molecule has 2 aliphatic heterocycles. The zero-order chi connectivity index (χ0) is 19.7. The van der Waals surface area contributed by atoms with Gasteiger partial charge in [-0.1, -0.05) is 17.7 Å². The molecule has 0 fully saturated rings. The molecule has 2 heterocycles. The first kappa shape index (κ1) is 19.0. The number of hydrogen-bond donors (Lipinski definition) is 2. The third kappa shape index (κ3) is 4.07. The van der Waals surface area contributed by atoms with Crippen molar-refractivity contribution in [2.45, 2.75) is 41.2 Å². The Balaban J connectivity index is 1.40. The summed E-state index contributed by atoms with van der Waals surface area (Å²) in [5.74, 6) is 0.429. The number of anilines is 1. The van der Waals surface area contributed by atoms with Crippen molar-refractivity contribution in [3.63, 3.8) is 0 Å². The van der Waals surface area contributed by atoms with Crippen LogP contribution in [0.25, 0.3) is 0 Å². The molecule has 0 saturated carbocycles. The number of aliphatic imine (C=N–C) groups is 1. The number of fused-ring (bicyclic) bond motifs is 1. The molecule has 2 aliphatic rings. The van der Waals surface area contributed by atoms with E-state index >= 15 is 0 Å². The van der Waals surface area contributed by atoms with Gasteiger partial charge < -0.3 is 5.32 Å². The van der Waals surface area contributed by atoms with E-state index in [0.29, 0.717) is 30.9 Å². The van der Waals surface area contributed by atoms with Gasteiger partial charge in [-0.25, -0.2) is 8.42 Å². The summed E-state index contributed by atoms with van der Waals surface area (Å²) in [5.41, 5.74) is 2.95. The van der Waals surface area contributed by atoms with Crippen molar-refractivity contribution in [1.82, 2.24) is 4.72 Å². The summed E-state index contributed by atoms with van der Waals surface area (Å²) in [6.45, 7) is 2.70. The lowest BCUT2D eigenvalue weighted by atomic mass is 10.1. The first-order valence-corrected chi connectivity index (χ1v) is 11.5. The van der Waals surface area contributed by atoms with Crippen molar-refractivity contribution >= 4 is 39.2 Å². The van der Waals surface area contributed by atoms with Gasteiger partial charge >= 0.3 is 0 Å². The lowest BCUT2D eigenvalue weighted by molar-refractivity contribution is -0.115. The zero-order valence-corrected chi connectivity index (χ0v) is 17.1. The normalized spacial score (nSPS) is 18.5. The van der Waals surface area contributed by atoms with E-state index in [9.17, 15) is 13.2 Å². The van der Waals surface area contributed by atoms with Crippen LogP contribution in [0.2, 0.25) is 0 Å². The predicted molar refractivity (Wildman–Crippen MR) is 111 cm³/mol. The number of nitrogens with one attached hydrogen (secondary N) is 2. The number of sulfonamides is 1. The highest BCUT2D eigenvalue weighted by atomic mass is 32.2. The van der Waals surface area contributed by atoms with Crippen molar-refractivity contribution < 1.29 is 13.2 Å². The second-order valence-electron chi connectivity index (χ2n) is 6.97. The molecule has 2 N–H and O–H groups in total. The van der Waals surface area contributed by atoms with Crippen molar-refractivity contribution in [3.8, 4) is 0 Å². The van der Waals surface area contributed by atoms with E-state index in [4.69, 9.17) is 0 Å². The van der Waals surface area contributed by atoms with Crippen LogP contribution in [0.1, 0.15) is 24.0 Å². The average Bonchev–Trinajstić information content (AvgIpc) is 3.31. The van der Waals surface area contributed by atoms with Gasteiger partial charge in [0.25, 0.3) is 10.0 Å². The van der Waals surface area contributed by atoms with Gasteiger partial charge in [-0.2, -0.15) is 0 Å². The van der Waals surface area contributed by atoms with Gasteiger partial charge in [-0.05, 0) is 55.7 Å². The van der Waals surface area contributed by atoms with Gasteiger partial charge in [0.1, 0.15) is 5.84 Å². The summed E-state index contributed by atoms with van der Waals surface area (Å²) in [5, 5.41) is 2.71. The molecule has 4 rings (SSSR count). The van der Waals surface area contributed by atoms with Crippen LogP contribution in [0.5, 0.6) is 0 Å². The maximum absolute atomic E-state index is 12.6. The Labute approximate surface area is 168 Å². The summed E-state index contributed by atoms with van der Waals surface area (Å²) in [6.07, 6.45) is 2.21. The summed E-state index contributed by atoms with van der Waals surface area (Å²) < 4.78 is 27.3. The molecule has 0 aliphatic carbocycles. The van der Waals surface area contributed by atoms with E-state index < -0.39 is 10.0 Å². The number of nitrogens with zero attached hydrogens (tertiary/aromatic N) is 1. The molecule has 0 bridgehead atoms. The number of rotatable bonds is 4. The minimum Gasteiger partial charge on any atom is -0.325 e. The van der Waals surface area contributed by atoms with Crippen LogP contribution >= 0.6 is 11.8 Å². The van der Waals surface area contributed by atoms with Crippen LogP contribution in [-0.2, 0) is 21.2 Å². The first-order chi connectivity index (χ1) is 13.4. The summed E-state index contributed by atoms with van der Waals surface area (Å²) >= 11 is 1.57. The molecule has 2 aromatic carbocycles. The zero-order valence-electron chi connectivity index (χ0n) is 15.4. The third-order valence-electron chi connectivity index (χ3n) is 4.75. The molecule has 0 saturated heterocycles. The highest BCUT2D eigenvalue weighted by molar-refractivity contribution is 8.01.